The fourth-order valence-electron chi connectivity index (χ4n) is 4.71. The molecule has 0 unspecified atom stereocenters. The predicted octanol–water partition coefficient (Wildman–Crippen LogP) is 4.82. The van der Waals surface area contributed by atoms with Gasteiger partial charge in [0, 0.05) is 6.07 Å². The Balaban J connectivity index is 1.51. The highest BCUT2D eigenvalue weighted by atomic mass is 16.7. The van der Waals surface area contributed by atoms with Gasteiger partial charge in [0.1, 0.15) is 17.7 Å². The lowest BCUT2D eigenvalue weighted by molar-refractivity contribution is -0.385. The largest absolute Gasteiger partial charge is 0.494 e. The summed E-state index contributed by atoms with van der Waals surface area (Å²) in [5, 5.41) is 13.3. The van der Waals surface area contributed by atoms with Gasteiger partial charge in [0.05, 0.1) is 28.5 Å². The number of carbonyl (C=O) groups excluding carboxylic acids is 2. The van der Waals surface area contributed by atoms with Crippen molar-refractivity contribution in [3.8, 4) is 5.75 Å². The third-order valence-electron chi connectivity index (χ3n) is 6.44. The number of ether oxygens (including phenoxy) is 1. The summed E-state index contributed by atoms with van der Waals surface area (Å²) in [6.45, 7) is 2.66. The number of amides is 2. The molecule has 0 aromatic heterocycles. The molecular weight excluding hydrogens is 462 g/mol. The Hall–Kier alpha value is -4.24. The molecule has 3 aromatic rings. The third kappa shape index (κ3) is 4.07. The van der Waals surface area contributed by atoms with Gasteiger partial charge in [-0.1, -0.05) is 43.7 Å². The van der Waals surface area contributed by atoms with Crippen molar-refractivity contribution in [2.75, 3.05) is 16.6 Å². The minimum absolute atomic E-state index is 0.139. The van der Waals surface area contributed by atoms with E-state index in [0.717, 1.165) is 17.7 Å². The molecule has 5 rings (SSSR count). The van der Waals surface area contributed by atoms with E-state index in [1.807, 2.05) is 6.07 Å². The summed E-state index contributed by atoms with van der Waals surface area (Å²) < 4.78 is 5.68. The second-order valence-electron chi connectivity index (χ2n) is 8.68. The molecule has 0 bridgehead atoms. The first-order valence-electron chi connectivity index (χ1n) is 11.9. The van der Waals surface area contributed by atoms with E-state index in [1.54, 1.807) is 66.7 Å². The van der Waals surface area contributed by atoms with Gasteiger partial charge in [-0.3, -0.25) is 24.5 Å². The van der Waals surface area contributed by atoms with Crippen LogP contribution in [0.2, 0.25) is 0 Å². The molecule has 36 heavy (non-hydrogen) atoms. The van der Waals surface area contributed by atoms with Gasteiger partial charge in [0.25, 0.3) is 11.6 Å². The van der Waals surface area contributed by atoms with Crippen LogP contribution in [0.15, 0.2) is 78.9 Å². The highest BCUT2D eigenvalue weighted by Crippen LogP contribution is 2.49. The Kier molecular flexibility index (Phi) is 6.39. The lowest BCUT2D eigenvalue weighted by Crippen LogP contribution is -2.37. The molecule has 2 aliphatic rings. The van der Waals surface area contributed by atoms with Crippen molar-refractivity contribution in [2.45, 2.75) is 31.9 Å². The highest BCUT2D eigenvalue weighted by Gasteiger charge is 2.61. The molecule has 0 aliphatic carbocycles. The molecule has 0 saturated carbocycles. The van der Waals surface area contributed by atoms with Crippen LogP contribution in [0, 0.1) is 16.0 Å². The van der Waals surface area contributed by atoms with Crippen LogP contribution in [-0.4, -0.2) is 29.4 Å². The zero-order valence-electron chi connectivity index (χ0n) is 19.7. The molecule has 3 atom stereocenters. The van der Waals surface area contributed by atoms with Gasteiger partial charge in [-0.15, -0.1) is 0 Å². The van der Waals surface area contributed by atoms with Crippen LogP contribution in [-0.2, 0) is 14.4 Å². The standard InChI is InChI=1S/C27H25N3O6/c1-2-3-17-35-20-15-13-18(14-16-20)28-26(31)23-24(21-11-7-8-12-22(21)30(33)34)29(36-25(23)27(28)32)19-9-5-4-6-10-19/h4-16,23-25H,2-3,17H2,1H3/t23-,24-,25-/m0/s1. The highest BCUT2D eigenvalue weighted by molar-refractivity contribution is 6.24. The van der Waals surface area contributed by atoms with E-state index < -0.39 is 34.8 Å². The lowest BCUT2D eigenvalue weighted by atomic mass is 9.89. The van der Waals surface area contributed by atoms with E-state index in [0.29, 0.717) is 29.3 Å². The third-order valence-corrected chi connectivity index (χ3v) is 6.44. The van der Waals surface area contributed by atoms with Gasteiger partial charge < -0.3 is 4.74 Å². The normalized spacial score (nSPS) is 21.1. The van der Waals surface area contributed by atoms with Crippen LogP contribution in [0.4, 0.5) is 17.1 Å². The number of para-hydroxylation sites is 2. The summed E-state index contributed by atoms with van der Waals surface area (Å²) in [5.41, 5.74) is 1.16. The summed E-state index contributed by atoms with van der Waals surface area (Å²) in [6.07, 6.45) is 0.831. The number of fused-ring (bicyclic) bond motifs is 1. The number of nitro benzene ring substituents is 1. The molecule has 9 heteroatoms. The Morgan fingerprint density at radius 1 is 0.917 bits per heavy atom. The fourth-order valence-corrected chi connectivity index (χ4v) is 4.71. The number of hydroxylamine groups is 1. The van der Waals surface area contributed by atoms with Crippen LogP contribution < -0.4 is 14.7 Å². The topological polar surface area (TPSA) is 102 Å². The van der Waals surface area contributed by atoms with Crippen LogP contribution in [0.1, 0.15) is 31.4 Å². The van der Waals surface area contributed by atoms with Gasteiger partial charge >= 0.3 is 0 Å². The first-order chi connectivity index (χ1) is 17.5. The Bertz CT molecular complexity index is 1280. The van der Waals surface area contributed by atoms with E-state index in [9.17, 15) is 19.7 Å². The number of nitro groups is 1. The predicted molar refractivity (Wildman–Crippen MR) is 132 cm³/mol. The molecule has 3 aromatic carbocycles. The fraction of sp³-hybridized carbons (Fsp3) is 0.259. The SMILES string of the molecule is CCCCOc1ccc(N2C(=O)[C@@H]3[C@H](ON(c4ccccc4)[C@H]3c3ccccc3[N+](=O)[O-])C2=O)cc1. The van der Waals surface area contributed by atoms with Crippen LogP contribution in [0.5, 0.6) is 5.75 Å². The molecule has 2 aliphatic heterocycles. The zero-order chi connectivity index (χ0) is 25.2. The summed E-state index contributed by atoms with van der Waals surface area (Å²) in [6, 6.07) is 21.1. The number of carbonyl (C=O) groups is 2. The minimum Gasteiger partial charge on any atom is -0.494 e. The molecule has 2 fully saturated rings. The maximum absolute atomic E-state index is 13.7. The average Bonchev–Trinajstić information content (AvgIpc) is 3.41. The number of benzene rings is 3. The summed E-state index contributed by atoms with van der Waals surface area (Å²) in [7, 11) is 0. The minimum atomic E-state index is -1.11. The van der Waals surface area contributed by atoms with E-state index in [2.05, 4.69) is 6.92 Å². The Morgan fingerprint density at radius 2 is 1.61 bits per heavy atom. The number of hydrogen-bond acceptors (Lipinski definition) is 7. The molecule has 2 amide bonds. The van der Waals surface area contributed by atoms with Crippen molar-refractivity contribution >= 4 is 28.9 Å². The van der Waals surface area contributed by atoms with E-state index in [-0.39, 0.29) is 5.69 Å². The average molecular weight is 488 g/mol. The number of hydrogen-bond donors (Lipinski definition) is 0. The van der Waals surface area contributed by atoms with Crippen molar-refractivity contribution in [3.63, 3.8) is 0 Å². The molecule has 9 nitrogen and oxygen atoms in total. The van der Waals surface area contributed by atoms with Gasteiger partial charge in [0.2, 0.25) is 5.91 Å². The molecular formula is C27H25N3O6. The van der Waals surface area contributed by atoms with Crippen LogP contribution >= 0.6 is 0 Å². The second kappa shape index (κ2) is 9.79. The van der Waals surface area contributed by atoms with Crippen molar-refractivity contribution in [2.24, 2.45) is 5.92 Å². The maximum atomic E-state index is 13.7. The Labute approximate surface area is 207 Å². The number of unbranched alkanes of at least 4 members (excludes halogenated alkanes) is 1. The van der Waals surface area contributed by atoms with Crippen molar-refractivity contribution < 1.29 is 24.1 Å². The van der Waals surface area contributed by atoms with Crippen molar-refractivity contribution in [1.29, 1.82) is 0 Å². The van der Waals surface area contributed by atoms with Gasteiger partial charge in [-0.25, -0.2) is 9.96 Å². The van der Waals surface area contributed by atoms with Crippen LogP contribution in [0.3, 0.4) is 0 Å². The first kappa shape index (κ1) is 23.5. The zero-order valence-corrected chi connectivity index (χ0v) is 19.7. The summed E-state index contributed by atoms with van der Waals surface area (Å²) in [4.78, 5) is 45.7. The summed E-state index contributed by atoms with van der Waals surface area (Å²) >= 11 is 0. The smallest absolute Gasteiger partial charge is 0.274 e. The molecule has 2 saturated heterocycles. The van der Waals surface area contributed by atoms with E-state index in [1.165, 1.54) is 11.1 Å². The van der Waals surface area contributed by atoms with Gasteiger partial charge in [-0.05, 0) is 48.9 Å². The van der Waals surface area contributed by atoms with E-state index in [4.69, 9.17) is 9.57 Å². The lowest BCUT2D eigenvalue weighted by Gasteiger charge is -2.28. The maximum Gasteiger partial charge on any atom is 0.274 e. The van der Waals surface area contributed by atoms with Crippen LogP contribution in [0.25, 0.3) is 0 Å². The quantitative estimate of drug-likeness (QED) is 0.194. The van der Waals surface area contributed by atoms with Gasteiger partial charge in [-0.2, -0.15) is 0 Å². The molecule has 184 valence electrons. The molecule has 2 heterocycles. The molecule has 0 spiro atoms. The van der Waals surface area contributed by atoms with Crippen molar-refractivity contribution in [3.05, 3.63) is 94.5 Å². The summed E-state index contributed by atoms with van der Waals surface area (Å²) in [5.74, 6) is -1.28. The Morgan fingerprint density at radius 3 is 2.31 bits per heavy atom. The first-order valence-corrected chi connectivity index (χ1v) is 11.9. The number of imide groups is 1. The number of rotatable bonds is 8. The monoisotopic (exact) mass is 487 g/mol. The van der Waals surface area contributed by atoms with E-state index >= 15 is 0 Å². The molecule has 0 radical (unpaired) electrons. The van der Waals surface area contributed by atoms with Crippen molar-refractivity contribution in [1.82, 2.24) is 0 Å². The van der Waals surface area contributed by atoms with Gasteiger partial charge in [0.15, 0.2) is 6.10 Å². The second-order valence-corrected chi connectivity index (χ2v) is 8.68. The number of nitrogens with zero attached hydrogens (tertiary/aromatic N) is 3. The molecule has 0 N–H and O–H groups in total. The number of anilines is 2.